The first kappa shape index (κ1) is 13.6. The minimum atomic E-state index is 0.00167. The molecule has 0 atom stereocenters. The molecule has 0 spiro atoms. The summed E-state index contributed by atoms with van der Waals surface area (Å²) in [7, 11) is 0. The van der Waals surface area contributed by atoms with Gasteiger partial charge in [0.1, 0.15) is 5.75 Å². The first-order chi connectivity index (χ1) is 9.22. The molecule has 3 nitrogen and oxygen atoms in total. The summed E-state index contributed by atoms with van der Waals surface area (Å²) in [4.78, 5) is 12.9. The van der Waals surface area contributed by atoms with Crippen molar-refractivity contribution in [3.05, 3.63) is 46.2 Å². The van der Waals surface area contributed by atoms with Crippen molar-refractivity contribution in [3.8, 4) is 5.75 Å². The number of rotatable bonds is 6. The minimum Gasteiger partial charge on any atom is -0.491 e. The second-order valence-corrected chi connectivity index (χ2v) is 5.21. The fourth-order valence-corrected chi connectivity index (χ4v) is 2.38. The number of hydrogen-bond acceptors (Lipinski definition) is 4. The summed E-state index contributed by atoms with van der Waals surface area (Å²) >= 11 is 1.43. The third-order valence-corrected chi connectivity index (χ3v) is 3.64. The van der Waals surface area contributed by atoms with Gasteiger partial charge in [-0.1, -0.05) is 19.4 Å². The predicted molar refractivity (Wildman–Crippen MR) is 79.0 cm³/mol. The van der Waals surface area contributed by atoms with Gasteiger partial charge in [0, 0.05) is 5.56 Å². The average Bonchev–Trinajstić information content (AvgIpc) is 2.94. The Balaban J connectivity index is 2.12. The highest BCUT2D eigenvalue weighted by molar-refractivity contribution is 7.12. The van der Waals surface area contributed by atoms with Crippen molar-refractivity contribution >= 4 is 22.8 Å². The molecule has 0 amide bonds. The van der Waals surface area contributed by atoms with Crippen molar-refractivity contribution in [2.75, 3.05) is 12.3 Å². The van der Waals surface area contributed by atoms with Crippen molar-refractivity contribution in [1.29, 1.82) is 0 Å². The molecule has 0 fully saturated rings. The zero-order chi connectivity index (χ0) is 13.7. The van der Waals surface area contributed by atoms with Gasteiger partial charge in [0.05, 0.1) is 17.2 Å². The van der Waals surface area contributed by atoms with Gasteiger partial charge in [-0.25, -0.2) is 0 Å². The van der Waals surface area contributed by atoms with Crippen LogP contribution in [0.25, 0.3) is 0 Å². The molecule has 4 heteroatoms. The number of ether oxygens (including phenoxy) is 1. The number of carbonyl (C=O) groups excluding carboxylic acids is 1. The smallest absolute Gasteiger partial charge is 0.203 e. The van der Waals surface area contributed by atoms with Gasteiger partial charge in [-0.15, -0.1) is 11.3 Å². The van der Waals surface area contributed by atoms with E-state index in [1.165, 1.54) is 11.3 Å². The van der Waals surface area contributed by atoms with E-state index in [-0.39, 0.29) is 5.78 Å². The fraction of sp³-hybridized carbons (Fsp3) is 0.267. The summed E-state index contributed by atoms with van der Waals surface area (Å²) in [5.41, 5.74) is 7.03. The molecule has 2 N–H and O–H groups in total. The highest BCUT2D eigenvalue weighted by atomic mass is 32.1. The lowest BCUT2D eigenvalue weighted by Crippen LogP contribution is -2.03. The van der Waals surface area contributed by atoms with Crippen LogP contribution in [0.4, 0.5) is 5.69 Å². The quantitative estimate of drug-likeness (QED) is 0.496. The number of nitrogens with two attached hydrogens (primary N) is 1. The maximum atomic E-state index is 12.1. The summed E-state index contributed by atoms with van der Waals surface area (Å²) in [5.74, 6) is 0.651. The predicted octanol–water partition coefficient (Wildman–Crippen LogP) is 3.74. The van der Waals surface area contributed by atoms with Crippen LogP contribution in [-0.4, -0.2) is 12.4 Å². The second-order valence-electron chi connectivity index (χ2n) is 4.26. The Morgan fingerprint density at radius 2 is 2.21 bits per heavy atom. The molecule has 19 heavy (non-hydrogen) atoms. The molecule has 0 saturated carbocycles. The van der Waals surface area contributed by atoms with Gasteiger partial charge >= 0.3 is 0 Å². The molecule has 0 aliphatic heterocycles. The van der Waals surface area contributed by atoms with Crippen LogP contribution < -0.4 is 10.5 Å². The Morgan fingerprint density at radius 3 is 2.84 bits per heavy atom. The van der Waals surface area contributed by atoms with Crippen LogP contribution in [0.5, 0.6) is 5.75 Å². The van der Waals surface area contributed by atoms with Gasteiger partial charge in [-0.05, 0) is 36.1 Å². The molecule has 0 radical (unpaired) electrons. The number of benzene rings is 1. The molecule has 1 aromatic carbocycles. The first-order valence-electron chi connectivity index (χ1n) is 6.33. The highest BCUT2D eigenvalue weighted by Gasteiger charge is 2.12. The lowest BCUT2D eigenvalue weighted by atomic mass is 10.1. The van der Waals surface area contributed by atoms with Crippen LogP contribution in [0.2, 0.25) is 0 Å². The molecule has 0 unspecified atom stereocenters. The Hall–Kier alpha value is -1.81. The molecule has 0 aliphatic carbocycles. The number of carbonyl (C=O) groups is 1. The normalized spacial score (nSPS) is 10.4. The van der Waals surface area contributed by atoms with Crippen LogP contribution >= 0.6 is 11.3 Å². The molecule has 100 valence electrons. The van der Waals surface area contributed by atoms with Crippen LogP contribution in [-0.2, 0) is 0 Å². The van der Waals surface area contributed by atoms with Crippen molar-refractivity contribution < 1.29 is 9.53 Å². The molecule has 1 heterocycles. The van der Waals surface area contributed by atoms with Crippen LogP contribution in [0.3, 0.4) is 0 Å². The van der Waals surface area contributed by atoms with E-state index in [0.29, 0.717) is 23.6 Å². The van der Waals surface area contributed by atoms with Crippen molar-refractivity contribution in [2.24, 2.45) is 0 Å². The Labute approximate surface area is 117 Å². The molecule has 0 saturated heterocycles. The number of anilines is 1. The van der Waals surface area contributed by atoms with Crippen molar-refractivity contribution in [3.63, 3.8) is 0 Å². The van der Waals surface area contributed by atoms with Gasteiger partial charge < -0.3 is 10.5 Å². The monoisotopic (exact) mass is 275 g/mol. The van der Waals surface area contributed by atoms with Crippen LogP contribution in [0, 0.1) is 0 Å². The summed E-state index contributed by atoms with van der Waals surface area (Å²) in [5, 5.41) is 1.89. The van der Waals surface area contributed by atoms with Gasteiger partial charge in [0.2, 0.25) is 5.78 Å². The first-order valence-corrected chi connectivity index (χ1v) is 7.21. The Kier molecular flexibility index (Phi) is 4.58. The second kappa shape index (κ2) is 6.38. The van der Waals surface area contributed by atoms with E-state index in [1.54, 1.807) is 18.2 Å². The molecule has 0 bridgehead atoms. The number of hydrogen-bond donors (Lipinski definition) is 1. The number of ketones is 1. The Morgan fingerprint density at radius 1 is 1.37 bits per heavy atom. The molecule has 0 aliphatic rings. The summed E-state index contributed by atoms with van der Waals surface area (Å²) in [6, 6.07) is 8.90. The lowest BCUT2D eigenvalue weighted by molar-refractivity contribution is 0.104. The van der Waals surface area contributed by atoms with E-state index in [2.05, 4.69) is 6.92 Å². The number of unbranched alkanes of at least 4 members (excludes halogenated alkanes) is 1. The third kappa shape index (κ3) is 3.35. The van der Waals surface area contributed by atoms with Crippen molar-refractivity contribution in [1.82, 2.24) is 0 Å². The number of nitrogen functional groups attached to an aromatic ring is 1. The van der Waals surface area contributed by atoms with E-state index in [4.69, 9.17) is 10.5 Å². The largest absolute Gasteiger partial charge is 0.491 e. The van der Waals surface area contributed by atoms with E-state index in [0.717, 1.165) is 17.7 Å². The van der Waals surface area contributed by atoms with Crippen molar-refractivity contribution in [2.45, 2.75) is 19.8 Å². The van der Waals surface area contributed by atoms with E-state index in [9.17, 15) is 4.79 Å². The molecule has 2 aromatic rings. The summed E-state index contributed by atoms with van der Waals surface area (Å²) in [6.45, 7) is 2.76. The van der Waals surface area contributed by atoms with Gasteiger partial charge in [-0.3, -0.25) is 4.79 Å². The molecular formula is C15H17NO2S. The van der Waals surface area contributed by atoms with Gasteiger partial charge in [-0.2, -0.15) is 0 Å². The Bertz CT molecular complexity index is 549. The highest BCUT2D eigenvalue weighted by Crippen LogP contribution is 2.25. The fourth-order valence-electron chi connectivity index (χ4n) is 1.70. The van der Waals surface area contributed by atoms with Crippen LogP contribution in [0.15, 0.2) is 35.7 Å². The maximum Gasteiger partial charge on any atom is 0.203 e. The standard InChI is InChI=1S/C15H17NO2S/c1-2-3-8-18-13-7-6-11(10-12(13)16)15(17)14-5-4-9-19-14/h4-7,9-10H,2-3,8,16H2,1H3. The topological polar surface area (TPSA) is 52.3 Å². The van der Waals surface area contributed by atoms with Gasteiger partial charge in [0.25, 0.3) is 0 Å². The average molecular weight is 275 g/mol. The van der Waals surface area contributed by atoms with E-state index < -0.39 is 0 Å². The third-order valence-electron chi connectivity index (χ3n) is 2.77. The number of thiophene rings is 1. The lowest BCUT2D eigenvalue weighted by Gasteiger charge is -2.09. The van der Waals surface area contributed by atoms with E-state index >= 15 is 0 Å². The molecule has 1 aromatic heterocycles. The van der Waals surface area contributed by atoms with Gasteiger partial charge in [0.15, 0.2) is 0 Å². The summed E-state index contributed by atoms with van der Waals surface area (Å²) in [6.07, 6.45) is 2.07. The zero-order valence-electron chi connectivity index (χ0n) is 10.9. The molecular weight excluding hydrogens is 258 g/mol. The van der Waals surface area contributed by atoms with Crippen LogP contribution in [0.1, 0.15) is 35.0 Å². The summed E-state index contributed by atoms with van der Waals surface area (Å²) < 4.78 is 5.57. The van der Waals surface area contributed by atoms with E-state index in [1.807, 2.05) is 17.5 Å². The minimum absolute atomic E-state index is 0.00167. The zero-order valence-corrected chi connectivity index (χ0v) is 11.7. The maximum absolute atomic E-state index is 12.1. The SMILES string of the molecule is CCCCOc1ccc(C(=O)c2cccs2)cc1N. The molecule has 2 rings (SSSR count).